The van der Waals surface area contributed by atoms with E-state index < -0.39 is 5.97 Å². The van der Waals surface area contributed by atoms with Crippen LogP contribution >= 0.6 is 0 Å². The van der Waals surface area contributed by atoms with Crippen molar-refractivity contribution in [2.75, 3.05) is 13.1 Å². The van der Waals surface area contributed by atoms with Crippen LogP contribution in [0.15, 0.2) is 0 Å². The number of likely N-dealkylation sites (tertiary alicyclic amines) is 1. The van der Waals surface area contributed by atoms with Crippen LogP contribution in [0.5, 0.6) is 0 Å². The van der Waals surface area contributed by atoms with E-state index in [-0.39, 0.29) is 6.04 Å². The van der Waals surface area contributed by atoms with Gasteiger partial charge in [-0.2, -0.15) is 0 Å². The predicted octanol–water partition coefficient (Wildman–Crippen LogP) is 0.569. The molecule has 4 nitrogen and oxygen atoms in total. The van der Waals surface area contributed by atoms with E-state index >= 15 is 0 Å². The van der Waals surface area contributed by atoms with Crippen LogP contribution in [0.1, 0.15) is 19.8 Å². The molecule has 0 aromatic rings. The molecule has 3 aliphatic rings. The summed E-state index contributed by atoms with van der Waals surface area (Å²) in [6, 6.07) is -0.338. The summed E-state index contributed by atoms with van der Waals surface area (Å²) in [6.45, 7) is 3.62. The average molecular weight is 211 g/mol. The molecular weight excluding hydrogens is 194 g/mol. The molecule has 0 saturated carbocycles. The minimum absolute atomic E-state index is 0.338. The van der Waals surface area contributed by atoms with E-state index in [9.17, 15) is 4.79 Å². The standard InChI is InChI=1S/C11H17NO3/c1-6(11(13)14)12-4-7-8(5-12)10-3-2-9(7)15-10/h6-10H,2-5H2,1H3,(H,13,14). The Hall–Kier alpha value is -0.610. The molecule has 0 aromatic carbocycles. The Morgan fingerprint density at radius 1 is 1.33 bits per heavy atom. The number of carboxylic acids is 1. The molecule has 3 rings (SSSR count). The van der Waals surface area contributed by atoms with Gasteiger partial charge in [0.1, 0.15) is 6.04 Å². The highest BCUT2D eigenvalue weighted by Crippen LogP contribution is 2.47. The molecule has 3 aliphatic heterocycles. The summed E-state index contributed by atoms with van der Waals surface area (Å²) >= 11 is 0. The van der Waals surface area contributed by atoms with Crippen molar-refractivity contribution in [2.24, 2.45) is 11.8 Å². The third kappa shape index (κ3) is 1.31. The highest BCUT2D eigenvalue weighted by Gasteiger charge is 2.53. The van der Waals surface area contributed by atoms with Gasteiger partial charge in [-0.25, -0.2) is 0 Å². The van der Waals surface area contributed by atoms with Gasteiger partial charge in [-0.1, -0.05) is 0 Å². The van der Waals surface area contributed by atoms with Gasteiger partial charge in [0.15, 0.2) is 0 Å². The number of hydrogen-bond donors (Lipinski definition) is 1. The Kier molecular flexibility index (Phi) is 2.04. The van der Waals surface area contributed by atoms with Gasteiger partial charge < -0.3 is 9.84 Å². The predicted molar refractivity (Wildman–Crippen MR) is 53.5 cm³/mol. The zero-order valence-corrected chi connectivity index (χ0v) is 8.93. The molecule has 0 radical (unpaired) electrons. The van der Waals surface area contributed by atoms with Crippen molar-refractivity contribution in [2.45, 2.75) is 38.0 Å². The summed E-state index contributed by atoms with van der Waals surface area (Å²) in [4.78, 5) is 13.0. The first kappa shape index (κ1) is 9.60. The summed E-state index contributed by atoms with van der Waals surface area (Å²) in [6.07, 6.45) is 3.21. The molecule has 0 spiro atoms. The van der Waals surface area contributed by atoms with Crippen molar-refractivity contribution < 1.29 is 14.6 Å². The summed E-state index contributed by atoms with van der Waals surface area (Å²) in [5.74, 6) is 0.499. The van der Waals surface area contributed by atoms with Crippen molar-refractivity contribution in [3.05, 3.63) is 0 Å². The molecule has 5 atom stereocenters. The van der Waals surface area contributed by atoms with Gasteiger partial charge in [-0.15, -0.1) is 0 Å². The molecule has 0 aromatic heterocycles. The fourth-order valence-electron chi connectivity index (χ4n) is 3.46. The number of aliphatic carboxylic acids is 1. The maximum absolute atomic E-state index is 10.9. The fraction of sp³-hybridized carbons (Fsp3) is 0.909. The SMILES string of the molecule is CC(C(=O)O)N1CC2C3CCC(O3)C2C1. The van der Waals surface area contributed by atoms with E-state index in [0.717, 1.165) is 13.1 Å². The lowest BCUT2D eigenvalue weighted by molar-refractivity contribution is -0.142. The van der Waals surface area contributed by atoms with Gasteiger partial charge in [-0.3, -0.25) is 9.69 Å². The topological polar surface area (TPSA) is 49.8 Å². The van der Waals surface area contributed by atoms with Gasteiger partial charge in [0.05, 0.1) is 12.2 Å². The zero-order valence-electron chi connectivity index (χ0n) is 8.93. The van der Waals surface area contributed by atoms with Crippen LogP contribution < -0.4 is 0 Å². The monoisotopic (exact) mass is 211 g/mol. The van der Waals surface area contributed by atoms with Gasteiger partial charge >= 0.3 is 5.97 Å². The number of rotatable bonds is 2. The largest absolute Gasteiger partial charge is 0.480 e. The minimum atomic E-state index is -0.705. The Labute approximate surface area is 89.2 Å². The molecular formula is C11H17NO3. The summed E-state index contributed by atoms with van der Waals surface area (Å²) in [5.41, 5.74) is 0. The molecule has 0 amide bonds. The van der Waals surface area contributed by atoms with Crippen LogP contribution in [0.3, 0.4) is 0 Å². The third-order valence-corrected chi connectivity index (χ3v) is 4.39. The second-order valence-electron chi connectivity index (χ2n) is 5.09. The number of carbonyl (C=O) groups is 1. The molecule has 3 fully saturated rings. The van der Waals surface area contributed by atoms with E-state index in [1.807, 2.05) is 0 Å². The number of nitrogens with zero attached hydrogens (tertiary/aromatic N) is 1. The molecule has 4 heteroatoms. The molecule has 5 unspecified atom stereocenters. The fourth-order valence-corrected chi connectivity index (χ4v) is 3.46. The third-order valence-electron chi connectivity index (χ3n) is 4.39. The first-order valence-corrected chi connectivity index (χ1v) is 5.79. The van der Waals surface area contributed by atoms with Crippen molar-refractivity contribution in [1.29, 1.82) is 0 Å². The number of carboxylic acid groups (broad SMARTS) is 1. The van der Waals surface area contributed by atoms with E-state index in [0.29, 0.717) is 24.0 Å². The molecule has 0 aliphatic carbocycles. The van der Waals surface area contributed by atoms with E-state index in [4.69, 9.17) is 9.84 Å². The van der Waals surface area contributed by atoms with Gasteiger partial charge in [0.2, 0.25) is 0 Å². The Morgan fingerprint density at radius 2 is 1.87 bits per heavy atom. The van der Waals surface area contributed by atoms with Crippen LogP contribution in [0.2, 0.25) is 0 Å². The smallest absolute Gasteiger partial charge is 0.320 e. The van der Waals surface area contributed by atoms with Gasteiger partial charge in [0.25, 0.3) is 0 Å². The van der Waals surface area contributed by atoms with Crippen molar-refractivity contribution in [1.82, 2.24) is 4.90 Å². The maximum atomic E-state index is 10.9. The highest BCUT2D eigenvalue weighted by atomic mass is 16.5. The summed E-state index contributed by atoms with van der Waals surface area (Å²) in [7, 11) is 0. The molecule has 15 heavy (non-hydrogen) atoms. The minimum Gasteiger partial charge on any atom is -0.480 e. The lowest BCUT2D eigenvalue weighted by Gasteiger charge is -2.22. The van der Waals surface area contributed by atoms with Crippen molar-refractivity contribution in [3.63, 3.8) is 0 Å². The molecule has 2 bridgehead atoms. The zero-order chi connectivity index (χ0) is 10.6. The summed E-state index contributed by atoms with van der Waals surface area (Å²) in [5, 5.41) is 8.98. The molecule has 3 saturated heterocycles. The number of fused-ring (bicyclic) bond motifs is 5. The van der Waals surface area contributed by atoms with E-state index in [2.05, 4.69) is 4.90 Å². The van der Waals surface area contributed by atoms with E-state index in [1.54, 1.807) is 6.92 Å². The van der Waals surface area contributed by atoms with Crippen molar-refractivity contribution in [3.8, 4) is 0 Å². The van der Waals surface area contributed by atoms with Gasteiger partial charge in [0, 0.05) is 24.9 Å². The summed E-state index contributed by atoms with van der Waals surface area (Å²) < 4.78 is 5.85. The van der Waals surface area contributed by atoms with E-state index in [1.165, 1.54) is 12.8 Å². The lowest BCUT2D eigenvalue weighted by Crippen LogP contribution is -2.38. The highest BCUT2D eigenvalue weighted by molar-refractivity contribution is 5.72. The maximum Gasteiger partial charge on any atom is 0.320 e. The van der Waals surface area contributed by atoms with Crippen LogP contribution in [-0.4, -0.2) is 47.3 Å². The molecule has 1 N–H and O–H groups in total. The lowest BCUT2D eigenvalue weighted by atomic mass is 9.82. The number of hydrogen-bond acceptors (Lipinski definition) is 3. The molecule has 3 heterocycles. The van der Waals surface area contributed by atoms with Crippen LogP contribution in [0.4, 0.5) is 0 Å². The Balaban J connectivity index is 1.71. The quantitative estimate of drug-likeness (QED) is 0.725. The first-order chi connectivity index (χ1) is 7.16. The van der Waals surface area contributed by atoms with Crippen LogP contribution in [0.25, 0.3) is 0 Å². The second-order valence-corrected chi connectivity index (χ2v) is 5.09. The second kappa shape index (κ2) is 3.19. The molecule has 84 valence electrons. The Morgan fingerprint density at radius 3 is 2.33 bits per heavy atom. The van der Waals surface area contributed by atoms with Crippen molar-refractivity contribution >= 4 is 5.97 Å². The average Bonchev–Trinajstić information content (AvgIpc) is 2.87. The van der Waals surface area contributed by atoms with Gasteiger partial charge in [-0.05, 0) is 19.8 Å². The van der Waals surface area contributed by atoms with Crippen LogP contribution in [-0.2, 0) is 9.53 Å². The normalized spacial score (nSPS) is 45.7. The van der Waals surface area contributed by atoms with Crippen LogP contribution in [0, 0.1) is 11.8 Å². The number of ether oxygens (including phenoxy) is 1. The first-order valence-electron chi connectivity index (χ1n) is 5.79. The Bertz CT molecular complexity index is 276.